The molecule has 2 aromatic carbocycles. The van der Waals surface area contributed by atoms with Gasteiger partial charge in [0.2, 0.25) is 0 Å². The normalized spacial score (nSPS) is 14.3. The van der Waals surface area contributed by atoms with E-state index in [2.05, 4.69) is 54.6 Å². The summed E-state index contributed by atoms with van der Waals surface area (Å²) in [4.78, 5) is 0. The summed E-state index contributed by atoms with van der Waals surface area (Å²) < 4.78 is 5.48. The van der Waals surface area contributed by atoms with Gasteiger partial charge in [-0.25, -0.2) is 0 Å². The van der Waals surface area contributed by atoms with E-state index in [0.717, 1.165) is 18.6 Å². The van der Waals surface area contributed by atoms with Crippen LogP contribution in [0.2, 0.25) is 0 Å². The van der Waals surface area contributed by atoms with E-state index < -0.39 is 0 Å². The second-order valence-electron chi connectivity index (χ2n) is 4.92. The topological polar surface area (TPSA) is 9.23 Å². The van der Waals surface area contributed by atoms with Gasteiger partial charge in [-0.1, -0.05) is 48.5 Å². The summed E-state index contributed by atoms with van der Waals surface area (Å²) in [7, 11) is 1.75. The van der Waals surface area contributed by atoms with E-state index in [-0.39, 0.29) is 0 Å². The first-order chi connectivity index (χ1) is 9.38. The Morgan fingerprint density at radius 1 is 0.895 bits per heavy atom. The lowest BCUT2D eigenvalue weighted by atomic mass is 10.0. The largest absolute Gasteiger partial charge is 0.496 e. The van der Waals surface area contributed by atoms with Gasteiger partial charge in [0.05, 0.1) is 7.11 Å². The fourth-order valence-corrected chi connectivity index (χ4v) is 2.77. The molecule has 0 amide bonds. The van der Waals surface area contributed by atoms with Crippen LogP contribution in [0.1, 0.15) is 29.5 Å². The highest BCUT2D eigenvalue weighted by Crippen LogP contribution is 2.33. The maximum atomic E-state index is 5.48. The van der Waals surface area contributed by atoms with E-state index in [1.54, 1.807) is 7.11 Å². The van der Waals surface area contributed by atoms with Gasteiger partial charge in [0.15, 0.2) is 0 Å². The number of hydrogen-bond acceptors (Lipinski definition) is 1. The van der Waals surface area contributed by atoms with Crippen molar-refractivity contribution in [1.82, 2.24) is 0 Å². The monoisotopic (exact) mass is 250 g/mol. The third kappa shape index (κ3) is 2.41. The highest BCUT2D eigenvalue weighted by atomic mass is 16.5. The maximum absolute atomic E-state index is 5.48. The summed E-state index contributed by atoms with van der Waals surface area (Å²) in [6.45, 7) is 0. The van der Waals surface area contributed by atoms with E-state index in [1.807, 2.05) is 0 Å². The van der Waals surface area contributed by atoms with Gasteiger partial charge in [0, 0.05) is 5.56 Å². The number of benzene rings is 2. The molecule has 0 spiro atoms. The Morgan fingerprint density at radius 3 is 2.53 bits per heavy atom. The second-order valence-corrected chi connectivity index (χ2v) is 4.92. The zero-order valence-corrected chi connectivity index (χ0v) is 11.2. The first kappa shape index (κ1) is 12.0. The zero-order valence-electron chi connectivity index (χ0n) is 11.2. The Balaban J connectivity index is 2.07. The molecule has 96 valence electrons. The third-order valence-electron chi connectivity index (χ3n) is 3.74. The minimum atomic E-state index is 1.02. The van der Waals surface area contributed by atoms with Crippen molar-refractivity contribution < 1.29 is 4.74 Å². The molecule has 1 heteroatoms. The lowest BCUT2D eigenvalue weighted by Gasteiger charge is -2.09. The van der Waals surface area contributed by atoms with E-state index >= 15 is 0 Å². The Labute approximate surface area is 114 Å². The molecule has 3 rings (SSSR count). The van der Waals surface area contributed by atoms with Crippen molar-refractivity contribution in [3.8, 4) is 5.75 Å². The van der Waals surface area contributed by atoms with Crippen LogP contribution in [-0.4, -0.2) is 7.11 Å². The second kappa shape index (κ2) is 5.31. The average molecular weight is 250 g/mol. The lowest BCUT2D eigenvalue weighted by Crippen LogP contribution is -1.93. The van der Waals surface area contributed by atoms with Gasteiger partial charge >= 0.3 is 0 Å². The smallest absolute Gasteiger partial charge is 0.122 e. The fourth-order valence-electron chi connectivity index (χ4n) is 2.77. The number of rotatable bonds is 2. The molecule has 0 saturated carbocycles. The highest BCUT2D eigenvalue weighted by Gasteiger charge is 2.13. The maximum Gasteiger partial charge on any atom is 0.122 e. The molecule has 0 aliphatic heterocycles. The van der Waals surface area contributed by atoms with Crippen LogP contribution in [0.25, 0.3) is 11.6 Å². The van der Waals surface area contributed by atoms with Crippen LogP contribution >= 0.6 is 0 Å². The molecular formula is C18H18O. The van der Waals surface area contributed by atoms with E-state index in [1.165, 1.54) is 28.7 Å². The molecular weight excluding hydrogens is 232 g/mol. The summed E-state index contributed by atoms with van der Waals surface area (Å²) in [5.74, 6) is 1.02. The van der Waals surface area contributed by atoms with Crippen molar-refractivity contribution in [3.05, 3.63) is 65.2 Å². The van der Waals surface area contributed by atoms with Gasteiger partial charge in [0.25, 0.3) is 0 Å². The van der Waals surface area contributed by atoms with Crippen LogP contribution in [-0.2, 0) is 6.42 Å². The molecule has 0 fully saturated rings. The molecule has 0 N–H and O–H groups in total. The average Bonchev–Trinajstić information content (AvgIpc) is 2.70. The Kier molecular flexibility index (Phi) is 3.37. The zero-order chi connectivity index (χ0) is 13.1. The number of hydrogen-bond donors (Lipinski definition) is 0. The van der Waals surface area contributed by atoms with Crippen LogP contribution in [0, 0.1) is 0 Å². The van der Waals surface area contributed by atoms with Crippen LogP contribution in [0.4, 0.5) is 0 Å². The van der Waals surface area contributed by atoms with E-state index in [9.17, 15) is 0 Å². The van der Waals surface area contributed by atoms with Crippen molar-refractivity contribution in [3.63, 3.8) is 0 Å². The lowest BCUT2D eigenvalue weighted by molar-refractivity contribution is 0.409. The number of ether oxygens (including phenoxy) is 1. The van der Waals surface area contributed by atoms with Gasteiger partial charge in [-0.2, -0.15) is 0 Å². The summed E-state index contributed by atoms with van der Waals surface area (Å²) in [6, 6.07) is 17.0. The molecule has 0 heterocycles. The van der Waals surface area contributed by atoms with Gasteiger partial charge in [-0.05, 0) is 42.0 Å². The van der Waals surface area contributed by atoms with Crippen molar-refractivity contribution in [2.75, 3.05) is 7.11 Å². The Bertz CT molecular complexity index is 596. The van der Waals surface area contributed by atoms with Crippen molar-refractivity contribution in [1.29, 1.82) is 0 Å². The molecule has 0 bridgehead atoms. The fraction of sp³-hybridized carbons (Fsp3) is 0.222. The van der Waals surface area contributed by atoms with Crippen LogP contribution in [0.15, 0.2) is 48.5 Å². The number of methoxy groups -OCH3 is 1. The molecule has 0 unspecified atom stereocenters. The van der Waals surface area contributed by atoms with Gasteiger partial charge in [-0.3, -0.25) is 0 Å². The number of allylic oxidation sites excluding steroid dienone is 1. The summed E-state index contributed by atoms with van der Waals surface area (Å²) >= 11 is 0. The molecule has 0 radical (unpaired) electrons. The predicted octanol–water partition coefficient (Wildman–Crippen LogP) is 4.57. The van der Waals surface area contributed by atoms with Gasteiger partial charge in [0.1, 0.15) is 5.75 Å². The van der Waals surface area contributed by atoms with Crippen LogP contribution < -0.4 is 4.74 Å². The molecule has 0 aromatic heterocycles. The SMILES string of the molecule is COc1cccc2c1CCCC(c1ccccc1)=C2. The van der Waals surface area contributed by atoms with Crippen LogP contribution in [0.5, 0.6) is 5.75 Å². The standard InChI is InChI=1S/C18H18O/c1-19-18-12-6-10-16-13-15(9-5-11-17(16)18)14-7-3-2-4-8-14/h2-4,6-8,10,12-13H,5,9,11H2,1H3. The number of fused-ring (bicyclic) bond motifs is 1. The molecule has 1 aliphatic carbocycles. The Hall–Kier alpha value is -2.02. The Morgan fingerprint density at radius 2 is 1.74 bits per heavy atom. The van der Waals surface area contributed by atoms with Crippen molar-refractivity contribution in [2.45, 2.75) is 19.3 Å². The van der Waals surface area contributed by atoms with Crippen LogP contribution in [0.3, 0.4) is 0 Å². The minimum Gasteiger partial charge on any atom is -0.496 e. The van der Waals surface area contributed by atoms with Crippen molar-refractivity contribution in [2.24, 2.45) is 0 Å². The predicted molar refractivity (Wildman–Crippen MR) is 80.2 cm³/mol. The minimum absolute atomic E-state index is 1.02. The summed E-state index contributed by atoms with van der Waals surface area (Å²) in [6.07, 6.45) is 5.71. The van der Waals surface area contributed by atoms with Gasteiger partial charge in [-0.15, -0.1) is 0 Å². The molecule has 1 aliphatic rings. The summed E-state index contributed by atoms with van der Waals surface area (Å²) in [5, 5.41) is 0. The molecule has 1 nitrogen and oxygen atoms in total. The first-order valence-electron chi connectivity index (χ1n) is 6.80. The molecule has 19 heavy (non-hydrogen) atoms. The highest BCUT2D eigenvalue weighted by molar-refractivity contribution is 5.83. The van der Waals surface area contributed by atoms with Crippen molar-refractivity contribution >= 4 is 11.6 Å². The quantitative estimate of drug-likeness (QED) is 0.758. The van der Waals surface area contributed by atoms with E-state index in [4.69, 9.17) is 4.74 Å². The summed E-state index contributed by atoms with van der Waals surface area (Å²) in [5.41, 5.74) is 5.40. The third-order valence-corrected chi connectivity index (χ3v) is 3.74. The molecule has 2 aromatic rings. The molecule has 0 saturated heterocycles. The van der Waals surface area contributed by atoms with Gasteiger partial charge < -0.3 is 4.74 Å². The first-order valence-corrected chi connectivity index (χ1v) is 6.80. The van der Waals surface area contributed by atoms with E-state index in [0.29, 0.717) is 0 Å². The molecule has 0 atom stereocenters.